The Morgan fingerprint density at radius 3 is 2.62 bits per heavy atom. The lowest BCUT2D eigenvalue weighted by molar-refractivity contribution is -0.118. The summed E-state index contributed by atoms with van der Waals surface area (Å²) in [7, 11) is 0. The van der Waals surface area contributed by atoms with Gasteiger partial charge in [-0.1, -0.05) is 17.7 Å². The molecule has 0 aliphatic carbocycles. The molecule has 0 aromatic heterocycles. The molecule has 21 heavy (non-hydrogen) atoms. The number of hydrogen-bond acceptors (Lipinski definition) is 2. The van der Waals surface area contributed by atoms with Crippen molar-refractivity contribution in [2.24, 2.45) is 0 Å². The number of anilines is 1. The molecular weight excluding hydrogens is 293 g/mol. The van der Waals surface area contributed by atoms with Crippen LogP contribution in [0.2, 0.25) is 5.02 Å². The molecule has 0 atom stereocenters. The van der Waals surface area contributed by atoms with Gasteiger partial charge in [0.25, 0.3) is 5.91 Å². The Labute approximate surface area is 127 Å². The van der Waals surface area contributed by atoms with E-state index < -0.39 is 5.82 Å². The fourth-order valence-electron chi connectivity index (χ4n) is 1.73. The molecule has 1 N–H and O–H groups in total. The molecule has 0 saturated carbocycles. The average molecular weight is 308 g/mol. The molecule has 0 heterocycles. The van der Waals surface area contributed by atoms with Gasteiger partial charge in [-0.15, -0.1) is 0 Å². The van der Waals surface area contributed by atoms with Gasteiger partial charge in [0.1, 0.15) is 11.6 Å². The number of aryl methyl sites for hydroxylation is 2. The SMILES string of the molecule is Cc1ccc(NC(=O)COc2ccc(F)c(Cl)c2)cc1C. The molecule has 110 valence electrons. The van der Waals surface area contributed by atoms with Crippen molar-refractivity contribution in [1.82, 2.24) is 0 Å². The van der Waals surface area contributed by atoms with E-state index in [1.54, 1.807) is 0 Å². The van der Waals surface area contributed by atoms with Crippen LogP contribution < -0.4 is 10.1 Å². The van der Waals surface area contributed by atoms with Crippen molar-refractivity contribution in [3.8, 4) is 5.75 Å². The highest BCUT2D eigenvalue weighted by molar-refractivity contribution is 6.30. The normalized spacial score (nSPS) is 10.3. The zero-order chi connectivity index (χ0) is 15.4. The smallest absolute Gasteiger partial charge is 0.262 e. The molecule has 2 rings (SSSR count). The van der Waals surface area contributed by atoms with Crippen LogP contribution in [0, 0.1) is 19.7 Å². The van der Waals surface area contributed by atoms with Crippen LogP contribution in [-0.4, -0.2) is 12.5 Å². The van der Waals surface area contributed by atoms with E-state index in [1.807, 2.05) is 32.0 Å². The molecular formula is C16H15ClFNO2. The second kappa shape index (κ2) is 6.59. The highest BCUT2D eigenvalue weighted by atomic mass is 35.5. The third-order valence-electron chi connectivity index (χ3n) is 3.05. The number of rotatable bonds is 4. The largest absolute Gasteiger partial charge is 0.484 e. The number of benzene rings is 2. The van der Waals surface area contributed by atoms with Crippen molar-refractivity contribution < 1.29 is 13.9 Å². The first-order valence-corrected chi connectivity index (χ1v) is 6.78. The fraction of sp³-hybridized carbons (Fsp3) is 0.188. The third kappa shape index (κ3) is 4.20. The zero-order valence-electron chi connectivity index (χ0n) is 11.7. The average Bonchev–Trinajstić information content (AvgIpc) is 2.44. The van der Waals surface area contributed by atoms with E-state index >= 15 is 0 Å². The molecule has 3 nitrogen and oxygen atoms in total. The molecule has 0 bridgehead atoms. The van der Waals surface area contributed by atoms with E-state index in [0.29, 0.717) is 11.4 Å². The van der Waals surface area contributed by atoms with Crippen LogP contribution in [0.15, 0.2) is 36.4 Å². The van der Waals surface area contributed by atoms with Crippen molar-refractivity contribution in [2.45, 2.75) is 13.8 Å². The number of hydrogen-bond donors (Lipinski definition) is 1. The van der Waals surface area contributed by atoms with Crippen LogP contribution in [-0.2, 0) is 4.79 Å². The van der Waals surface area contributed by atoms with Crippen LogP contribution in [0.4, 0.5) is 10.1 Å². The fourth-order valence-corrected chi connectivity index (χ4v) is 1.90. The number of ether oxygens (including phenoxy) is 1. The van der Waals surface area contributed by atoms with E-state index in [2.05, 4.69) is 5.32 Å². The number of carbonyl (C=O) groups excluding carboxylic acids is 1. The summed E-state index contributed by atoms with van der Waals surface area (Å²) in [5.41, 5.74) is 2.97. The Bertz CT molecular complexity index is 673. The number of carbonyl (C=O) groups is 1. The van der Waals surface area contributed by atoms with Gasteiger partial charge >= 0.3 is 0 Å². The van der Waals surface area contributed by atoms with Crippen molar-refractivity contribution >= 4 is 23.2 Å². The maximum Gasteiger partial charge on any atom is 0.262 e. The number of amides is 1. The monoisotopic (exact) mass is 307 g/mol. The van der Waals surface area contributed by atoms with Crippen LogP contribution in [0.3, 0.4) is 0 Å². The maximum atomic E-state index is 13.0. The van der Waals surface area contributed by atoms with Gasteiger partial charge in [-0.2, -0.15) is 0 Å². The minimum Gasteiger partial charge on any atom is -0.484 e. The minimum atomic E-state index is -0.524. The first-order valence-electron chi connectivity index (χ1n) is 6.40. The van der Waals surface area contributed by atoms with Crippen molar-refractivity contribution in [2.75, 3.05) is 11.9 Å². The number of halogens is 2. The molecule has 2 aromatic rings. The molecule has 0 aliphatic heterocycles. The predicted octanol–water partition coefficient (Wildman–Crippen LogP) is 4.11. The van der Waals surface area contributed by atoms with Gasteiger partial charge in [-0.05, 0) is 49.2 Å². The van der Waals surface area contributed by atoms with Crippen LogP contribution in [0.5, 0.6) is 5.75 Å². The second-order valence-electron chi connectivity index (χ2n) is 4.71. The predicted molar refractivity (Wildman–Crippen MR) is 81.5 cm³/mol. The Hall–Kier alpha value is -2.07. The Morgan fingerprint density at radius 2 is 1.95 bits per heavy atom. The topological polar surface area (TPSA) is 38.3 Å². The van der Waals surface area contributed by atoms with E-state index in [1.165, 1.54) is 18.2 Å². The van der Waals surface area contributed by atoms with E-state index in [-0.39, 0.29) is 17.5 Å². The van der Waals surface area contributed by atoms with Crippen LogP contribution >= 0.6 is 11.6 Å². The van der Waals surface area contributed by atoms with Crippen LogP contribution in [0.25, 0.3) is 0 Å². The van der Waals surface area contributed by atoms with Gasteiger partial charge in [0, 0.05) is 11.8 Å². The molecule has 0 unspecified atom stereocenters. The summed E-state index contributed by atoms with van der Waals surface area (Å²) in [4.78, 5) is 11.8. The third-order valence-corrected chi connectivity index (χ3v) is 3.34. The quantitative estimate of drug-likeness (QED) is 0.923. The second-order valence-corrected chi connectivity index (χ2v) is 5.12. The summed E-state index contributed by atoms with van der Waals surface area (Å²) < 4.78 is 18.3. The Kier molecular flexibility index (Phi) is 4.81. The Balaban J connectivity index is 1.92. The molecule has 0 radical (unpaired) electrons. The number of nitrogens with one attached hydrogen (secondary N) is 1. The van der Waals surface area contributed by atoms with E-state index in [4.69, 9.17) is 16.3 Å². The van der Waals surface area contributed by atoms with Crippen molar-refractivity contribution in [3.05, 3.63) is 58.4 Å². The lowest BCUT2D eigenvalue weighted by atomic mass is 10.1. The summed E-state index contributed by atoms with van der Waals surface area (Å²) in [5.74, 6) is -0.473. The van der Waals surface area contributed by atoms with Gasteiger partial charge in [0.05, 0.1) is 5.02 Å². The molecule has 2 aromatic carbocycles. The first kappa shape index (κ1) is 15.3. The molecule has 0 fully saturated rings. The summed E-state index contributed by atoms with van der Waals surface area (Å²) in [6.45, 7) is 3.80. The molecule has 5 heteroatoms. The van der Waals surface area contributed by atoms with Gasteiger partial charge in [-0.3, -0.25) is 4.79 Å². The lowest BCUT2D eigenvalue weighted by Gasteiger charge is -2.09. The van der Waals surface area contributed by atoms with Gasteiger partial charge in [0.2, 0.25) is 0 Å². The van der Waals surface area contributed by atoms with Gasteiger partial charge < -0.3 is 10.1 Å². The highest BCUT2D eigenvalue weighted by Gasteiger charge is 2.06. The molecule has 0 aliphatic rings. The molecule has 0 spiro atoms. The van der Waals surface area contributed by atoms with E-state index in [9.17, 15) is 9.18 Å². The summed E-state index contributed by atoms with van der Waals surface area (Å²) in [6, 6.07) is 9.60. The lowest BCUT2D eigenvalue weighted by Crippen LogP contribution is -2.20. The van der Waals surface area contributed by atoms with Gasteiger partial charge in [0.15, 0.2) is 6.61 Å². The van der Waals surface area contributed by atoms with E-state index in [0.717, 1.165) is 11.1 Å². The Morgan fingerprint density at radius 1 is 1.19 bits per heavy atom. The minimum absolute atomic E-state index is 0.0398. The maximum absolute atomic E-state index is 13.0. The summed E-state index contributed by atoms with van der Waals surface area (Å²) >= 11 is 5.64. The molecule has 0 saturated heterocycles. The van der Waals surface area contributed by atoms with Crippen molar-refractivity contribution in [1.29, 1.82) is 0 Å². The van der Waals surface area contributed by atoms with Crippen LogP contribution in [0.1, 0.15) is 11.1 Å². The first-order chi connectivity index (χ1) is 9.95. The summed E-state index contributed by atoms with van der Waals surface area (Å²) in [6.07, 6.45) is 0. The van der Waals surface area contributed by atoms with Crippen molar-refractivity contribution in [3.63, 3.8) is 0 Å². The standard InChI is InChI=1S/C16H15ClFNO2/c1-10-3-4-12(7-11(10)2)19-16(20)9-21-13-5-6-15(18)14(17)8-13/h3-8H,9H2,1-2H3,(H,19,20). The zero-order valence-corrected chi connectivity index (χ0v) is 12.5. The van der Waals surface area contributed by atoms with Gasteiger partial charge in [-0.25, -0.2) is 4.39 Å². The highest BCUT2D eigenvalue weighted by Crippen LogP contribution is 2.21. The summed E-state index contributed by atoms with van der Waals surface area (Å²) in [5, 5.41) is 2.70. The molecule has 1 amide bonds.